The number of carbonyl (C=O) groups excluding carboxylic acids is 2. The van der Waals surface area contributed by atoms with Crippen LogP contribution in [-0.4, -0.2) is 74.6 Å². The van der Waals surface area contributed by atoms with Crippen molar-refractivity contribution >= 4 is 22.8 Å². The number of piperazine rings is 1. The summed E-state index contributed by atoms with van der Waals surface area (Å²) in [5.41, 5.74) is 3.10. The number of aromatic nitrogens is 3. The fraction of sp³-hybridized carbons (Fsp3) is 0.440. The Bertz CT molecular complexity index is 1160. The summed E-state index contributed by atoms with van der Waals surface area (Å²) in [4.78, 5) is 34.9. The van der Waals surface area contributed by atoms with E-state index in [1.54, 1.807) is 6.20 Å². The van der Waals surface area contributed by atoms with E-state index >= 15 is 0 Å². The zero-order valence-corrected chi connectivity index (χ0v) is 19.2. The van der Waals surface area contributed by atoms with Crippen LogP contribution < -0.4 is 5.32 Å². The Hall–Kier alpha value is -3.26. The molecule has 172 valence electrons. The minimum atomic E-state index is -0.178. The van der Waals surface area contributed by atoms with Crippen molar-refractivity contribution in [1.82, 2.24) is 29.9 Å². The Morgan fingerprint density at radius 3 is 2.52 bits per heavy atom. The molecule has 2 aromatic heterocycles. The highest BCUT2D eigenvalue weighted by Gasteiger charge is 2.31. The van der Waals surface area contributed by atoms with Gasteiger partial charge in [-0.1, -0.05) is 30.3 Å². The van der Waals surface area contributed by atoms with Gasteiger partial charge in [-0.2, -0.15) is 5.10 Å². The van der Waals surface area contributed by atoms with E-state index < -0.39 is 0 Å². The number of amides is 2. The van der Waals surface area contributed by atoms with Crippen LogP contribution in [0.3, 0.4) is 0 Å². The van der Waals surface area contributed by atoms with Crippen LogP contribution in [0.15, 0.2) is 42.6 Å². The number of fused-ring (bicyclic) bond motifs is 1. The second-order valence-corrected chi connectivity index (χ2v) is 8.91. The van der Waals surface area contributed by atoms with E-state index in [0.717, 1.165) is 35.1 Å². The number of benzene rings is 1. The lowest BCUT2D eigenvalue weighted by Gasteiger charge is -2.37. The highest BCUT2D eigenvalue weighted by molar-refractivity contribution is 6.06. The van der Waals surface area contributed by atoms with Gasteiger partial charge in [-0.3, -0.25) is 14.5 Å². The summed E-state index contributed by atoms with van der Waals surface area (Å²) in [5.74, 6) is 0.0811. The first-order valence-electron chi connectivity index (χ1n) is 11.8. The normalized spacial score (nSPS) is 17.8. The zero-order chi connectivity index (χ0) is 22.9. The Morgan fingerprint density at radius 2 is 1.85 bits per heavy atom. The molecule has 1 N–H and O–H groups in total. The summed E-state index contributed by atoms with van der Waals surface area (Å²) in [6, 6.07) is 12.0. The average Bonchev–Trinajstić information content (AvgIpc) is 3.58. The molecule has 8 heteroatoms. The molecular formula is C25H30N6O2. The maximum Gasteiger partial charge on any atom is 0.254 e. The van der Waals surface area contributed by atoms with E-state index in [-0.39, 0.29) is 17.9 Å². The summed E-state index contributed by atoms with van der Waals surface area (Å²) in [7, 11) is 0. The number of aryl methyl sites for hydroxylation is 1. The van der Waals surface area contributed by atoms with Crippen molar-refractivity contribution in [2.45, 2.75) is 45.3 Å². The molecule has 0 radical (unpaired) electrons. The molecule has 2 aliphatic rings. The maximum atomic E-state index is 13.6. The smallest absolute Gasteiger partial charge is 0.254 e. The highest BCUT2D eigenvalue weighted by Crippen LogP contribution is 2.26. The third kappa shape index (κ3) is 4.35. The van der Waals surface area contributed by atoms with E-state index in [2.05, 4.69) is 15.3 Å². The van der Waals surface area contributed by atoms with Crippen molar-refractivity contribution in [2.24, 2.45) is 0 Å². The predicted octanol–water partition coefficient (Wildman–Crippen LogP) is 2.54. The molecule has 2 fully saturated rings. The summed E-state index contributed by atoms with van der Waals surface area (Å²) in [6.07, 6.45) is 3.91. The third-order valence-corrected chi connectivity index (χ3v) is 6.66. The number of hydrogen-bond acceptors (Lipinski definition) is 5. The van der Waals surface area contributed by atoms with Crippen LogP contribution in [0, 0.1) is 0 Å². The quantitative estimate of drug-likeness (QED) is 0.629. The van der Waals surface area contributed by atoms with E-state index in [0.29, 0.717) is 44.3 Å². The molecule has 1 saturated heterocycles. The van der Waals surface area contributed by atoms with Gasteiger partial charge in [0.1, 0.15) is 0 Å². The lowest BCUT2D eigenvalue weighted by Crippen LogP contribution is -2.55. The average molecular weight is 447 g/mol. The summed E-state index contributed by atoms with van der Waals surface area (Å²) in [6.45, 7) is 7.19. The van der Waals surface area contributed by atoms with Crippen LogP contribution in [0.25, 0.3) is 22.3 Å². The third-order valence-electron chi connectivity index (χ3n) is 6.66. The van der Waals surface area contributed by atoms with Crippen molar-refractivity contribution in [3.05, 3.63) is 48.2 Å². The van der Waals surface area contributed by atoms with E-state index in [1.807, 2.05) is 59.8 Å². The first kappa shape index (κ1) is 21.6. The lowest BCUT2D eigenvalue weighted by atomic mass is 10.1. The first-order chi connectivity index (χ1) is 16.0. The Morgan fingerprint density at radius 1 is 1.12 bits per heavy atom. The van der Waals surface area contributed by atoms with Crippen LogP contribution >= 0.6 is 0 Å². The Balaban J connectivity index is 1.37. The number of rotatable bonds is 6. The predicted molar refractivity (Wildman–Crippen MR) is 127 cm³/mol. The Kier molecular flexibility index (Phi) is 5.85. The molecule has 0 spiro atoms. The van der Waals surface area contributed by atoms with Gasteiger partial charge >= 0.3 is 0 Å². The Labute approximate surface area is 193 Å². The van der Waals surface area contributed by atoms with Crippen LogP contribution in [0.5, 0.6) is 0 Å². The molecule has 1 atom stereocenters. The monoisotopic (exact) mass is 446 g/mol. The molecule has 33 heavy (non-hydrogen) atoms. The molecule has 3 heterocycles. The van der Waals surface area contributed by atoms with Crippen LogP contribution in [0.1, 0.15) is 37.0 Å². The molecule has 1 aromatic carbocycles. The molecule has 2 amide bonds. The van der Waals surface area contributed by atoms with Gasteiger partial charge in [0.05, 0.1) is 28.9 Å². The van der Waals surface area contributed by atoms with Crippen molar-refractivity contribution < 1.29 is 9.59 Å². The van der Waals surface area contributed by atoms with Crippen molar-refractivity contribution in [2.75, 3.05) is 26.2 Å². The van der Waals surface area contributed by atoms with Crippen LogP contribution in [0.2, 0.25) is 0 Å². The minimum absolute atomic E-state index is 0.00929. The van der Waals surface area contributed by atoms with E-state index in [1.165, 1.54) is 0 Å². The number of hydrogen-bond donors (Lipinski definition) is 1. The van der Waals surface area contributed by atoms with Crippen LogP contribution in [-0.2, 0) is 11.3 Å². The standard InChI is InChI=1S/C25H30N6O2/c1-3-31-23-21(16-26-31)20(15-22(28-23)18-7-5-4-6-8-18)25(33)30-13-11-29(12-14-30)17(2)24(32)27-19-9-10-19/h4-8,15-17,19H,3,9-14H2,1-2H3,(H,27,32). The number of nitrogens with one attached hydrogen (secondary N) is 1. The molecule has 1 unspecified atom stereocenters. The molecule has 1 saturated carbocycles. The van der Waals surface area contributed by atoms with Gasteiger partial charge in [-0.25, -0.2) is 9.67 Å². The van der Waals surface area contributed by atoms with Crippen molar-refractivity contribution in [1.29, 1.82) is 0 Å². The van der Waals surface area contributed by atoms with Crippen molar-refractivity contribution in [3.8, 4) is 11.3 Å². The topological polar surface area (TPSA) is 83.4 Å². The largest absolute Gasteiger partial charge is 0.352 e. The van der Waals surface area contributed by atoms with E-state index in [4.69, 9.17) is 4.98 Å². The summed E-state index contributed by atoms with van der Waals surface area (Å²) in [5, 5.41) is 8.31. The SMILES string of the molecule is CCn1ncc2c(C(=O)N3CCN(C(C)C(=O)NC4CC4)CC3)cc(-c3ccccc3)nc21. The van der Waals surface area contributed by atoms with Gasteiger partial charge in [-0.05, 0) is 32.8 Å². The minimum Gasteiger partial charge on any atom is -0.352 e. The molecular weight excluding hydrogens is 416 g/mol. The summed E-state index contributed by atoms with van der Waals surface area (Å²) >= 11 is 0. The van der Waals surface area contributed by atoms with Crippen molar-refractivity contribution in [3.63, 3.8) is 0 Å². The van der Waals surface area contributed by atoms with Gasteiger partial charge in [0.2, 0.25) is 5.91 Å². The highest BCUT2D eigenvalue weighted by atomic mass is 16.2. The molecule has 1 aliphatic heterocycles. The van der Waals surface area contributed by atoms with Gasteiger partial charge in [0, 0.05) is 44.3 Å². The second kappa shape index (κ2) is 8.94. The number of pyridine rings is 1. The van der Waals surface area contributed by atoms with Gasteiger partial charge in [0.25, 0.3) is 5.91 Å². The lowest BCUT2D eigenvalue weighted by molar-refractivity contribution is -0.126. The first-order valence-corrected chi connectivity index (χ1v) is 11.8. The fourth-order valence-electron chi connectivity index (χ4n) is 4.41. The zero-order valence-electron chi connectivity index (χ0n) is 19.2. The van der Waals surface area contributed by atoms with Gasteiger partial charge in [0.15, 0.2) is 5.65 Å². The molecule has 3 aromatic rings. The van der Waals surface area contributed by atoms with Gasteiger partial charge in [-0.15, -0.1) is 0 Å². The summed E-state index contributed by atoms with van der Waals surface area (Å²) < 4.78 is 1.83. The molecule has 1 aliphatic carbocycles. The van der Waals surface area contributed by atoms with Gasteiger partial charge < -0.3 is 10.2 Å². The number of nitrogens with zero attached hydrogens (tertiary/aromatic N) is 5. The maximum absolute atomic E-state index is 13.6. The molecule has 8 nitrogen and oxygen atoms in total. The fourth-order valence-corrected chi connectivity index (χ4v) is 4.41. The second-order valence-electron chi connectivity index (χ2n) is 8.91. The van der Waals surface area contributed by atoms with Crippen LogP contribution in [0.4, 0.5) is 0 Å². The molecule has 5 rings (SSSR count). The molecule has 0 bridgehead atoms. The van der Waals surface area contributed by atoms with E-state index in [9.17, 15) is 9.59 Å². The number of carbonyl (C=O) groups is 2.